The lowest BCUT2D eigenvalue weighted by Gasteiger charge is -2.16. The number of nitrogens with one attached hydrogen (secondary N) is 1. The number of pyridine rings is 1. The minimum Gasteiger partial charge on any atom is -0.468 e. The standard InChI is InChI=1S/C15H21N3O/c1-16-11-15-13(7-10-19-15)12-18(2)9-6-14-5-3-4-8-17-14/h3-5,7-8,10,16H,6,9,11-12H2,1-2H3. The quantitative estimate of drug-likeness (QED) is 0.826. The molecule has 4 heteroatoms. The molecule has 2 heterocycles. The predicted octanol–water partition coefficient (Wildman–Crippen LogP) is 2.07. The molecule has 4 nitrogen and oxygen atoms in total. The Hall–Kier alpha value is -1.65. The number of rotatable bonds is 7. The highest BCUT2D eigenvalue weighted by Gasteiger charge is 2.08. The van der Waals surface area contributed by atoms with E-state index in [1.54, 1.807) is 6.26 Å². The number of hydrogen-bond donors (Lipinski definition) is 1. The number of aromatic nitrogens is 1. The summed E-state index contributed by atoms with van der Waals surface area (Å²) in [7, 11) is 4.05. The SMILES string of the molecule is CNCc1occc1CN(C)CCc1ccccn1. The normalized spacial score (nSPS) is 11.1. The Kier molecular flexibility index (Phi) is 5.12. The van der Waals surface area contributed by atoms with Crippen LogP contribution in [0.3, 0.4) is 0 Å². The number of hydrogen-bond acceptors (Lipinski definition) is 4. The van der Waals surface area contributed by atoms with Gasteiger partial charge in [0.2, 0.25) is 0 Å². The van der Waals surface area contributed by atoms with E-state index in [1.165, 1.54) is 5.56 Å². The van der Waals surface area contributed by atoms with Crippen LogP contribution in [0.5, 0.6) is 0 Å². The van der Waals surface area contributed by atoms with Gasteiger partial charge in [-0.05, 0) is 32.3 Å². The van der Waals surface area contributed by atoms with E-state index in [-0.39, 0.29) is 0 Å². The zero-order chi connectivity index (χ0) is 13.5. The molecule has 0 radical (unpaired) electrons. The van der Waals surface area contributed by atoms with Crippen molar-refractivity contribution in [3.63, 3.8) is 0 Å². The molecule has 0 aliphatic heterocycles. The van der Waals surface area contributed by atoms with Crippen LogP contribution < -0.4 is 5.32 Å². The summed E-state index contributed by atoms with van der Waals surface area (Å²) in [6.07, 6.45) is 4.57. The molecule has 0 aliphatic rings. The average Bonchev–Trinajstić information content (AvgIpc) is 2.85. The molecule has 0 bridgehead atoms. The van der Waals surface area contributed by atoms with Gasteiger partial charge in [0.15, 0.2) is 0 Å². The van der Waals surface area contributed by atoms with E-state index in [0.29, 0.717) is 0 Å². The van der Waals surface area contributed by atoms with Crippen LogP contribution in [0.4, 0.5) is 0 Å². The van der Waals surface area contributed by atoms with E-state index in [9.17, 15) is 0 Å². The summed E-state index contributed by atoms with van der Waals surface area (Å²) in [5.41, 5.74) is 2.38. The zero-order valence-electron chi connectivity index (χ0n) is 11.6. The molecule has 0 amide bonds. The highest BCUT2D eigenvalue weighted by Crippen LogP contribution is 2.12. The summed E-state index contributed by atoms with van der Waals surface area (Å²) in [4.78, 5) is 6.63. The maximum absolute atomic E-state index is 5.47. The largest absolute Gasteiger partial charge is 0.468 e. The van der Waals surface area contributed by atoms with Gasteiger partial charge in [-0.1, -0.05) is 6.07 Å². The van der Waals surface area contributed by atoms with Crippen molar-refractivity contribution in [3.05, 3.63) is 53.7 Å². The molecule has 19 heavy (non-hydrogen) atoms. The summed E-state index contributed by atoms with van der Waals surface area (Å²) >= 11 is 0. The fourth-order valence-electron chi connectivity index (χ4n) is 2.04. The Morgan fingerprint density at radius 1 is 1.32 bits per heavy atom. The monoisotopic (exact) mass is 259 g/mol. The maximum Gasteiger partial charge on any atom is 0.122 e. The van der Waals surface area contributed by atoms with Gasteiger partial charge in [0, 0.05) is 37.0 Å². The van der Waals surface area contributed by atoms with Crippen LogP contribution in [0, 0.1) is 0 Å². The van der Waals surface area contributed by atoms with Crippen molar-refractivity contribution in [2.45, 2.75) is 19.5 Å². The smallest absolute Gasteiger partial charge is 0.122 e. The molecule has 0 aromatic carbocycles. The molecule has 0 spiro atoms. The van der Waals surface area contributed by atoms with Crippen LogP contribution in [0.25, 0.3) is 0 Å². The van der Waals surface area contributed by atoms with Gasteiger partial charge in [0.05, 0.1) is 12.8 Å². The zero-order valence-corrected chi connectivity index (χ0v) is 11.6. The second-order valence-electron chi connectivity index (χ2n) is 4.71. The lowest BCUT2D eigenvalue weighted by molar-refractivity contribution is 0.325. The maximum atomic E-state index is 5.47. The third-order valence-corrected chi connectivity index (χ3v) is 3.09. The summed E-state index contributed by atoms with van der Waals surface area (Å²) in [5, 5.41) is 3.12. The second kappa shape index (κ2) is 7.07. The Morgan fingerprint density at radius 3 is 2.95 bits per heavy atom. The summed E-state index contributed by atoms with van der Waals surface area (Å²) in [6.45, 7) is 2.66. The second-order valence-corrected chi connectivity index (χ2v) is 4.71. The molecule has 0 fully saturated rings. The molecule has 2 aromatic rings. The molecule has 102 valence electrons. The first-order valence-electron chi connectivity index (χ1n) is 6.58. The van der Waals surface area contributed by atoms with Crippen molar-refractivity contribution in [2.24, 2.45) is 0 Å². The Balaban J connectivity index is 1.84. The van der Waals surface area contributed by atoms with Gasteiger partial charge in [-0.25, -0.2) is 0 Å². The van der Waals surface area contributed by atoms with Crippen molar-refractivity contribution in [1.29, 1.82) is 0 Å². The van der Waals surface area contributed by atoms with E-state index >= 15 is 0 Å². The van der Waals surface area contributed by atoms with E-state index in [0.717, 1.165) is 37.5 Å². The van der Waals surface area contributed by atoms with Crippen molar-refractivity contribution >= 4 is 0 Å². The highest BCUT2D eigenvalue weighted by atomic mass is 16.3. The van der Waals surface area contributed by atoms with Gasteiger partial charge in [0.25, 0.3) is 0 Å². The molecule has 0 saturated carbocycles. The van der Waals surface area contributed by atoms with Gasteiger partial charge >= 0.3 is 0 Å². The van der Waals surface area contributed by atoms with Crippen LogP contribution in [0.15, 0.2) is 41.1 Å². The first-order chi connectivity index (χ1) is 9.29. The van der Waals surface area contributed by atoms with Crippen LogP contribution in [-0.4, -0.2) is 30.5 Å². The molecule has 0 atom stereocenters. The minimum atomic E-state index is 0.774. The van der Waals surface area contributed by atoms with Crippen molar-refractivity contribution < 1.29 is 4.42 Å². The van der Waals surface area contributed by atoms with Crippen LogP contribution in [0.1, 0.15) is 17.0 Å². The summed E-state index contributed by atoms with van der Waals surface area (Å²) in [6, 6.07) is 8.09. The van der Waals surface area contributed by atoms with Crippen molar-refractivity contribution in [1.82, 2.24) is 15.2 Å². The van der Waals surface area contributed by atoms with Crippen LogP contribution in [0.2, 0.25) is 0 Å². The third-order valence-electron chi connectivity index (χ3n) is 3.09. The molecule has 0 aliphatic carbocycles. The van der Waals surface area contributed by atoms with Gasteiger partial charge in [0.1, 0.15) is 5.76 Å². The Bertz CT molecular complexity index is 481. The van der Waals surface area contributed by atoms with Gasteiger partial charge in [-0.15, -0.1) is 0 Å². The minimum absolute atomic E-state index is 0.774. The van der Waals surface area contributed by atoms with Gasteiger partial charge in [-0.2, -0.15) is 0 Å². The lowest BCUT2D eigenvalue weighted by Crippen LogP contribution is -2.21. The molecule has 2 aromatic heterocycles. The topological polar surface area (TPSA) is 41.3 Å². The molecule has 0 unspecified atom stereocenters. The molecular formula is C15H21N3O. The molecule has 2 rings (SSSR count). The van der Waals surface area contributed by atoms with Crippen LogP contribution in [-0.2, 0) is 19.5 Å². The number of likely N-dealkylation sites (N-methyl/N-ethyl adjacent to an activating group) is 1. The van der Waals surface area contributed by atoms with Crippen molar-refractivity contribution in [2.75, 3.05) is 20.6 Å². The Labute approximate surface area is 114 Å². The number of nitrogens with zero attached hydrogens (tertiary/aromatic N) is 2. The highest BCUT2D eigenvalue weighted by molar-refractivity contribution is 5.16. The van der Waals surface area contributed by atoms with Gasteiger partial charge < -0.3 is 14.6 Å². The van der Waals surface area contributed by atoms with E-state index in [1.807, 2.05) is 31.4 Å². The molecular weight excluding hydrogens is 238 g/mol. The number of furan rings is 1. The first-order valence-corrected chi connectivity index (χ1v) is 6.58. The lowest BCUT2D eigenvalue weighted by atomic mass is 10.2. The molecule has 0 saturated heterocycles. The van der Waals surface area contributed by atoms with E-state index in [2.05, 4.69) is 28.3 Å². The fraction of sp³-hybridized carbons (Fsp3) is 0.400. The fourth-order valence-corrected chi connectivity index (χ4v) is 2.04. The van der Waals surface area contributed by atoms with E-state index in [4.69, 9.17) is 4.42 Å². The van der Waals surface area contributed by atoms with Gasteiger partial charge in [-0.3, -0.25) is 4.98 Å². The van der Waals surface area contributed by atoms with Crippen molar-refractivity contribution in [3.8, 4) is 0 Å². The third kappa shape index (κ3) is 4.19. The summed E-state index contributed by atoms with van der Waals surface area (Å²) < 4.78 is 5.47. The average molecular weight is 259 g/mol. The first kappa shape index (κ1) is 13.8. The predicted molar refractivity (Wildman–Crippen MR) is 75.7 cm³/mol. The molecule has 1 N–H and O–H groups in total. The van der Waals surface area contributed by atoms with E-state index < -0.39 is 0 Å². The van der Waals surface area contributed by atoms with Crippen LogP contribution >= 0.6 is 0 Å². The Morgan fingerprint density at radius 2 is 2.21 bits per heavy atom. The summed E-state index contributed by atoms with van der Waals surface area (Å²) in [5.74, 6) is 1.02.